The average molecular weight is 291 g/mol. The van der Waals surface area contributed by atoms with Crippen LogP contribution in [0.25, 0.3) is 0 Å². The zero-order chi connectivity index (χ0) is 15.1. The molecule has 21 heavy (non-hydrogen) atoms. The van der Waals surface area contributed by atoms with Gasteiger partial charge in [0.25, 0.3) is 0 Å². The van der Waals surface area contributed by atoms with Gasteiger partial charge in [0, 0.05) is 18.7 Å². The van der Waals surface area contributed by atoms with E-state index in [-0.39, 0.29) is 24.2 Å². The number of benzene rings is 1. The van der Waals surface area contributed by atoms with Crippen LogP contribution in [0.3, 0.4) is 0 Å². The molecule has 1 amide bonds. The first kappa shape index (κ1) is 15.5. The van der Waals surface area contributed by atoms with Gasteiger partial charge in [-0.15, -0.1) is 0 Å². The van der Waals surface area contributed by atoms with Crippen molar-refractivity contribution in [2.75, 3.05) is 18.5 Å². The highest BCUT2D eigenvalue weighted by Gasteiger charge is 2.16. The molecule has 1 aliphatic rings. The van der Waals surface area contributed by atoms with Gasteiger partial charge in [0.15, 0.2) is 0 Å². The van der Waals surface area contributed by atoms with Crippen LogP contribution in [0.4, 0.5) is 10.1 Å². The molecule has 1 aromatic rings. The fourth-order valence-electron chi connectivity index (χ4n) is 2.22. The molecule has 0 spiro atoms. The molecule has 0 radical (unpaired) electrons. The van der Waals surface area contributed by atoms with E-state index < -0.39 is 5.82 Å². The first-order valence-electron chi connectivity index (χ1n) is 7.00. The molecule has 112 valence electrons. The van der Waals surface area contributed by atoms with E-state index in [1.807, 2.05) is 0 Å². The molecule has 2 rings (SSSR count). The highest BCUT2D eigenvalue weighted by atomic mass is 19.1. The molecule has 1 fully saturated rings. The standard InChI is InChI=1S/C16H18FNO3/c17-15-7-5-13(11-12(15)3-1-9-19)18-16(20)8-6-14-4-2-10-21-14/h5,7,11,14,19H,2,4,6,8-10H2,(H,18,20). The Bertz CT molecular complexity index is 556. The van der Waals surface area contributed by atoms with E-state index in [0.29, 0.717) is 18.5 Å². The Hall–Kier alpha value is -1.90. The number of amides is 1. The Balaban J connectivity index is 1.90. The second-order valence-electron chi connectivity index (χ2n) is 4.88. The monoisotopic (exact) mass is 291 g/mol. The minimum Gasteiger partial charge on any atom is -0.384 e. The second-order valence-corrected chi connectivity index (χ2v) is 4.88. The summed E-state index contributed by atoms with van der Waals surface area (Å²) < 4.78 is 18.9. The smallest absolute Gasteiger partial charge is 0.224 e. The Morgan fingerprint density at radius 2 is 2.38 bits per heavy atom. The number of carbonyl (C=O) groups excluding carboxylic acids is 1. The van der Waals surface area contributed by atoms with Crippen molar-refractivity contribution in [2.24, 2.45) is 0 Å². The Labute approximate surface area is 123 Å². The quantitative estimate of drug-likeness (QED) is 0.835. The van der Waals surface area contributed by atoms with Crippen molar-refractivity contribution in [2.45, 2.75) is 31.8 Å². The molecule has 1 aliphatic heterocycles. The molecule has 0 aliphatic carbocycles. The number of ether oxygens (including phenoxy) is 1. The van der Waals surface area contributed by atoms with Gasteiger partial charge in [0.2, 0.25) is 5.91 Å². The van der Waals surface area contributed by atoms with E-state index >= 15 is 0 Å². The number of hydrogen-bond donors (Lipinski definition) is 2. The number of anilines is 1. The molecule has 1 heterocycles. The van der Waals surface area contributed by atoms with Crippen molar-refractivity contribution >= 4 is 11.6 Å². The molecular formula is C16H18FNO3. The maximum absolute atomic E-state index is 13.5. The molecule has 0 bridgehead atoms. The van der Waals surface area contributed by atoms with Gasteiger partial charge in [0.1, 0.15) is 12.4 Å². The molecule has 1 saturated heterocycles. The van der Waals surface area contributed by atoms with Crippen LogP contribution in [-0.4, -0.2) is 30.3 Å². The van der Waals surface area contributed by atoms with Crippen molar-refractivity contribution in [1.82, 2.24) is 0 Å². The zero-order valence-corrected chi connectivity index (χ0v) is 11.7. The topological polar surface area (TPSA) is 58.6 Å². The molecule has 1 aromatic carbocycles. The van der Waals surface area contributed by atoms with Crippen LogP contribution in [0.5, 0.6) is 0 Å². The summed E-state index contributed by atoms with van der Waals surface area (Å²) in [6, 6.07) is 4.20. The normalized spacial score (nSPS) is 17.1. The Morgan fingerprint density at radius 3 is 3.10 bits per heavy atom. The van der Waals surface area contributed by atoms with Crippen molar-refractivity contribution in [3.05, 3.63) is 29.6 Å². The Morgan fingerprint density at radius 1 is 1.52 bits per heavy atom. The molecule has 1 unspecified atom stereocenters. The van der Waals surface area contributed by atoms with Gasteiger partial charge in [0.05, 0.1) is 11.7 Å². The van der Waals surface area contributed by atoms with Gasteiger partial charge in [-0.2, -0.15) is 0 Å². The third kappa shape index (κ3) is 4.85. The zero-order valence-electron chi connectivity index (χ0n) is 11.7. The molecule has 1 atom stereocenters. The molecule has 2 N–H and O–H groups in total. The lowest BCUT2D eigenvalue weighted by atomic mass is 10.1. The minimum absolute atomic E-state index is 0.127. The maximum Gasteiger partial charge on any atom is 0.224 e. The van der Waals surface area contributed by atoms with E-state index in [4.69, 9.17) is 9.84 Å². The summed E-state index contributed by atoms with van der Waals surface area (Å²) in [4.78, 5) is 11.8. The third-order valence-corrected chi connectivity index (χ3v) is 3.27. The molecule has 0 aromatic heterocycles. The predicted octanol–water partition coefficient (Wildman–Crippen LogP) is 2.07. The number of nitrogens with one attached hydrogen (secondary N) is 1. The number of halogens is 1. The number of aliphatic hydroxyl groups excluding tert-OH is 1. The van der Waals surface area contributed by atoms with Crippen LogP contribution in [0.1, 0.15) is 31.2 Å². The van der Waals surface area contributed by atoms with Crippen LogP contribution in [0.15, 0.2) is 18.2 Å². The van der Waals surface area contributed by atoms with E-state index in [2.05, 4.69) is 17.2 Å². The highest BCUT2D eigenvalue weighted by molar-refractivity contribution is 5.90. The molecule has 4 nitrogen and oxygen atoms in total. The highest BCUT2D eigenvalue weighted by Crippen LogP contribution is 2.18. The van der Waals surface area contributed by atoms with Crippen LogP contribution in [0.2, 0.25) is 0 Å². The minimum atomic E-state index is -0.478. The van der Waals surface area contributed by atoms with Crippen LogP contribution in [-0.2, 0) is 9.53 Å². The fourth-order valence-corrected chi connectivity index (χ4v) is 2.22. The van der Waals surface area contributed by atoms with Crippen LogP contribution < -0.4 is 5.32 Å². The number of hydrogen-bond acceptors (Lipinski definition) is 3. The number of aliphatic hydroxyl groups is 1. The van der Waals surface area contributed by atoms with Crippen molar-refractivity contribution in [3.63, 3.8) is 0 Å². The fraction of sp³-hybridized carbons (Fsp3) is 0.438. The molecular weight excluding hydrogens is 273 g/mol. The summed E-state index contributed by atoms with van der Waals surface area (Å²) in [6.07, 6.45) is 3.31. The van der Waals surface area contributed by atoms with Gasteiger partial charge in [-0.25, -0.2) is 4.39 Å². The third-order valence-electron chi connectivity index (χ3n) is 3.27. The lowest BCUT2D eigenvalue weighted by Gasteiger charge is -2.09. The maximum atomic E-state index is 13.5. The van der Waals surface area contributed by atoms with E-state index in [1.54, 1.807) is 0 Å². The lowest BCUT2D eigenvalue weighted by molar-refractivity contribution is -0.116. The largest absolute Gasteiger partial charge is 0.384 e. The van der Waals surface area contributed by atoms with Crippen molar-refractivity contribution < 1.29 is 19.0 Å². The average Bonchev–Trinajstić information content (AvgIpc) is 2.99. The summed E-state index contributed by atoms with van der Waals surface area (Å²) in [7, 11) is 0. The van der Waals surface area contributed by atoms with E-state index in [0.717, 1.165) is 19.4 Å². The first-order valence-corrected chi connectivity index (χ1v) is 7.00. The van der Waals surface area contributed by atoms with E-state index in [1.165, 1.54) is 18.2 Å². The van der Waals surface area contributed by atoms with Crippen LogP contribution >= 0.6 is 0 Å². The first-order chi connectivity index (χ1) is 10.2. The van der Waals surface area contributed by atoms with Crippen LogP contribution in [0, 0.1) is 17.7 Å². The van der Waals surface area contributed by atoms with Gasteiger partial charge < -0.3 is 15.2 Å². The summed E-state index contributed by atoms with van der Waals surface area (Å²) >= 11 is 0. The second kappa shape index (κ2) is 7.77. The van der Waals surface area contributed by atoms with Gasteiger partial charge in [-0.1, -0.05) is 11.8 Å². The summed E-state index contributed by atoms with van der Waals surface area (Å²) in [6.45, 7) is 0.439. The SMILES string of the molecule is O=C(CCC1CCCO1)Nc1ccc(F)c(C#CCO)c1. The summed E-state index contributed by atoms with van der Waals surface area (Å²) in [5.41, 5.74) is 0.650. The summed E-state index contributed by atoms with van der Waals surface area (Å²) in [5.74, 6) is 4.29. The molecule has 5 heteroatoms. The summed E-state index contributed by atoms with van der Waals surface area (Å²) in [5, 5.41) is 11.3. The van der Waals surface area contributed by atoms with Crippen molar-refractivity contribution in [1.29, 1.82) is 0 Å². The van der Waals surface area contributed by atoms with Crippen molar-refractivity contribution in [3.8, 4) is 11.8 Å². The Kier molecular flexibility index (Phi) is 5.73. The van der Waals surface area contributed by atoms with Gasteiger partial charge >= 0.3 is 0 Å². The predicted molar refractivity (Wildman–Crippen MR) is 77.2 cm³/mol. The lowest BCUT2D eigenvalue weighted by Crippen LogP contribution is -2.15. The molecule has 0 saturated carbocycles. The number of rotatable bonds is 4. The van der Waals surface area contributed by atoms with Gasteiger partial charge in [-0.05, 0) is 37.5 Å². The van der Waals surface area contributed by atoms with Gasteiger partial charge in [-0.3, -0.25) is 4.79 Å². The number of carbonyl (C=O) groups is 1. The van der Waals surface area contributed by atoms with E-state index in [9.17, 15) is 9.18 Å².